The molecule has 0 aliphatic carbocycles. The van der Waals surface area contributed by atoms with E-state index in [1.54, 1.807) is 0 Å². The summed E-state index contributed by atoms with van der Waals surface area (Å²) >= 11 is 0. The van der Waals surface area contributed by atoms with Crippen molar-refractivity contribution >= 4 is 34.4 Å². The van der Waals surface area contributed by atoms with Crippen molar-refractivity contribution in [2.24, 2.45) is 7.05 Å². The van der Waals surface area contributed by atoms with Gasteiger partial charge in [-0.3, -0.25) is 9.59 Å². The first-order valence-electron chi connectivity index (χ1n) is 11.9. The Bertz CT molecular complexity index is 1500. The van der Waals surface area contributed by atoms with Gasteiger partial charge in [0.25, 0.3) is 5.91 Å². The molecule has 3 N–H and O–H groups in total. The van der Waals surface area contributed by atoms with Gasteiger partial charge in [0.2, 0.25) is 5.91 Å². The number of nitrogens with one attached hydrogen (secondary N) is 1. The number of anilines is 2. The monoisotopic (exact) mass is 480 g/mol. The van der Waals surface area contributed by atoms with E-state index in [1.807, 2.05) is 65.9 Å². The summed E-state index contributed by atoms with van der Waals surface area (Å²) in [4.78, 5) is 35.3. The van der Waals surface area contributed by atoms with Crippen LogP contribution in [0.5, 0.6) is 0 Å². The van der Waals surface area contributed by atoms with Crippen LogP contribution in [0.15, 0.2) is 61.4 Å². The number of amides is 2. The van der Waals surface area contributed by atoms with Crippen molar-refractivity contribution in [2.75, 3.05) is 24.1 Å². The van der Waals surface area contributed by atoms with Crippen LogP contribution in [0.25, 0.3) is 33.4 Å². The Kier molecular flexibility index (Phi) is 6.01. The maximum atomic E-state index is 12.9. The highest BCUT2D eigenvalue weighted by molar-refractivity contribution is 6.08. The number of fused-ring (bicyclic) bond motifs is 1. The second-order valence-corrected chi connectivity index (χ2v) is 9.04. The van der Waals surface area contributed by atoms with Gasteiger partial charge in [0.1, 0.15) is 17.8 Å². The summed E-state index contributed by atoms with van der Waals surface area (Å²) in [6.45, 7) is 7.08. The molecule has 0 atom stereocenters. The van der Waals surface area contributed by atoms with Crippen molar-refractivity contribution in [1.82, 2.24) is 19.4 Å². The van der Waals surface area contributed by atoms with Gasteiger partial charge in [-0.05, 0) is 66.8 Å². The number of nitrogens with zero attached hydrogens (tertiary/aromatic N) is 4. The van der Waals surface area contributed by atoms with E-state index in [9.17, 15) is 9.59 Å². The number of aromatic nitrogens is 3. The van der Waals surface area contributed by atoms with Crippen LogP contribution in [-0.4, -0.2) is 44.3 Å². The first-order chi connectivity index (χ1) is 17.4. The number of hydrogen-bond acceptors (Lipinski definition) is 5. The average molecular weight is 481 g/mol. The van der Waals surface area contributed by atoms with Gasteiger partial charge in [0, 0.05) is 37.0 Å². The maximum Gasteiger partial charge on any atom is 0.253 e. The van der Waals surface area contributed by atoms with Gasteiger partial charge in [-0.1, -0.05) is 24.8 Å². The molecule has 2 aromatic heterocycles. The van der Waals surface area contributed by atoms with Crippen LogP contribution in [-0.2, 0) is 11.8 Å². The first kappa shape index (κ1) is 23.3. The molecule has 3 heterocycles. The number of benzene rings is 2. The van der Waals surface area contributed by atoms with Crippen LogP contribution in [0.1, 0.15) is 28.8 Å². The molecule has 8 heteroatoms. The highest BCUT2D eigenvalue weighted by Crippen LogP contribution is 2.42. The molecule has 0 saturated carbocycles. The SMILES string of the molecule is C=CC(=O)Nc1ccc(-c2c(-c3ccc(C(=O)N4CCCC4)cc3)c3c(N)ncnc3n2C)cc1C. The van der Waals surface area contributed by atoms with Gasteiger partial charge in [0.15, 0.2) is 0 Å². The van der Waals surface area contributed by atoms with E-state index in [0.717, 1.165) is 59.3 Å². The Morgan fingerprint density at radius 3 is 2.42 bits per heavy atom. The molecule has 4 aromatic rings. The number of rotatable bonds is 5. The smallest absolute Gasteiger partial charge is 0.253 e. The summed E-state index contributed by atoms with van der Waals surface area (Å²) in [6.07, 6.45) is 4.81. The minimum absolute atomic E-state index is 0.0628. The van der Waals surface area contributed by atoms with Crippen molar-refractivity contribution < 1.29 is 9.59 Å². The van der Waals surface area contributed by atoms with Crippen molar-refractivity contribution in [1.29, 1.82) is 0 Å². The van der Waals surface area contributed by atoms with Crippen LogP contribution < -0.4 is 11.1 Å². The van der Waals surface area contributed by atoms with E-state index in [2.05, 4.69) is 21.9 Å². The molecule has 182 valence electrons. The molecule has 1 aliphatic heterocycles. The molecule has 2 aromatic carbocycles. The van der Waals surface area contributed by atoms with Gasteiger partial charge >= 0.3 is 0 Å². The second-order valence-electron chi connectivity index (χ2n) is 9.04. The van der Waals surface area contributed by atoms with Crippen molar-refractivity contribution in [3.8, 4) is 22.4 Å². The highest BCUT2D eigenvalue weighted by atomic mass is 16.2. The zero-order chi connectivity index (χ0) is 25.4. The van der Waals surface area contributed by atoms with Crippen LogP contribution in [0, 0.1) is 6.92 Å². The van der Waals surface area contributed by atoms with Crippen molar-refractivity contribution in [3.05, 3.63) is 72.6 Å². The lowest BCUT2D eigenvalue weighted by Crippen LogP contribution is -2.27. The number of aryl methyl sites for hydroxylation is 2. The molecule has 8 nitrogen and oxygen atoms in total. The molecule has 36 heavy (non-hydrogen) atoms. The van der Waals surface area contributed by atoms with Crippen LogP contribution in [0.3, 0.4) is 0 Å². The summed E-state index contributed by atoms with van der Waals surface area (Å²) < 4.78 is 2.00. The molecular weight excluding hydrogens is 452 g/mol. The normalized spacial score (nSPS) is 13.2. The molecule has 1 saturated heterocycles. The summed E-state index contributed by atoms with van der Waals surface area (Å²) in [5.74, 6) is 0.191. The van der Waals surface area contributed by atoms with Gasteiger partial charge in [-0.2, -0.15) is 0 Å². The Balaban J connectivity index is 1.64. The zero-order valence-electron chi connectivity index (χ0n) is 20.4. The standard InChI is InChI=1S/C28H28N6O2/c1-4-22(35)32-21-12-11-20(15-17(21)2)25-23(24-26(29)30-16-31-27(24)33(25)3)18-7-9-19(10-8-18)28(36)34-13-5-6-14-34/h4,7-12,15-16H,1,5-6,13-14H2,2-3H3,(H,32,35)(H2,29,30,31). The molecule has 0 spiro atoms. The molecule has 0 radical (unpaired) electrons. The molecule has 0 unspecified atom stereocenters. The lowest BCUT2D eigenvalue weighted by atomic mass is 9.96. The minimum atomic E-state index is -0.261. The maximum absolute atomic E-state index is 12.9. The predicted molar refractivity (Wildman–Crippen MR) is 142 cm³/mol. The van der Waals surface area contributed by atoms with E-state index in [1.165, 1.54) is 12.4 Å². The number of likely N-dealkylation sites (tertiary alicyclic amines) is 1. The fraction of sp³-hybridized carbons (Fsp3) is 0.214. The third-order valence-corrected chi connectivity index (χ3v) is 6.75. The Labute approximate surface area is 209 Å². The Hall–Kier alpha value is -4.46. The quantitative estimate of drug-likeness (QED) is 0.408. The van der Waals surface area contributed by atoms with Crippen molar-refractivity contribution in [3.63, 3.8) is 0 Å². The van der Waals surface area contributed by atoms with E-state index < -0.39 is 0 Å². The minimum Gasteiger partial charge on any atom is -0.383 e. The third kappa shape index (κ3) is 4.00. The van der Waals surface area contributed by atoms with E-state index in [-0.39, 0.29) is 11.8 Å². The molecule has 1 aliphatic rings. The summed E-state index contributed by atoms with van der Waals surface area (Å²) in [5.41, 5.74) is 13.0. The second kappa shape index (κ2) is 9.30. The van der Waals surface area contributed by atoms with Crippen LogP contribution in [0.2, 0.25) is 0 Å². The van der Waals surface area contributed by atoms with E-state index >= 15 is 0 Å². The molecule has 0 bridgehead atoms. The number of nitrogens with two attached hydrogens (primary N) is 1. The largest absolute Gasteiger partial charge is 0.383 e. The number of carbonyl (C=O) groups excluding carboxylic acids is 2. The molecule has 5 rings (SSSR count). The third-order valence-electron chi connectivity index (χ3n) is 6.75. The highest BCUT2D eigenvalue weighted by Gasteiger charge is 2.23. The molecular formula is C28H28N6O2. The zero-order valence-corrected chi connectivity index (χ0v) is 20.4. The number of hydrogen-bond donors (Lipinski definition) is 2. The van der Waals surface area contributed by atoms with Crippen LogP contribution in [0.4, 0.5) is 11.5 Å². The summed E-state index contributed by atoms with van der Waals surface area (Å²) in [6, 6.07) is 13.5. The average Bonchev–Trinajstić information content (AvgIpc) is 3.52. The molecule has 1 fully saturated rings. The van der Waals surface area contributed by atoms with E-state index in [0.29, 0.717) is 22.7 Å². The van der Waals surface area contributed by atoms with Gasteiger partial charge in [-0.25, -0.2) is 9.97 Å². The fourth-order valence-corrected chi connectivity index (χ4v) is 4.91. The number of nitrogen functional groups attached to an aromatic ring is 1. The van der Waals surface area contributed by atoms with Crippen LogP contribution >= 0.6 is 0 Å². The lowest BCUT2D eigenvalue weighted by molar-refractivity contribution is -0.111. The Morgan fingerprint density at radius 2 is 1.75 bits per heavy atom. The van der Waals surface area contributed by atoms with E-state index in [4.69, 9.17) is 5.73 Å². The molecule has 2 amide bonds. The summed E-state index contributed by atoms with van der Waals surface area (Å²) in [5, 5.41) is 3.59. The topological polar surface area (TPSA) is 106 Å². The van der Waals surface area contributed by atoms with Crippen molar-refractivity contribution in [2.45, 2.75) is 19.8 Å². The fourth-order valence-electron chi connectivity index (χ4n) is 4.91. The number of carbonyl (C=O) groups is 2. The Morgan fingerprint density at radius 1 is 1.06 bits per heavy atom. The van der Waals surface area contributed by atoms with Gasteiger partial charge < -0.3 is 20.5 Å². The predicted octanol–water partition coefficient (Wildman–Crippen LogP) is 4.55. The van der Waals surface area contributed by atoms with Gasteiger partial charge in [0.05, 0.1) is 11.1 Å². The lowest BCUT2D eigenvalue weighted by Gasteiger charge is -2.16. The van der Waals surface area contributed by atoms with Gasteiger partial charge in [-0.15, -0.1) is 0 Å². The first-order valence-corrected chi connectivity index (χ1v) is 11.9. The summed E-state index contributed by atoms with van der Waals surface area (Å²) in [7, 11) is 1.95.